The first kappa shape index (κ1) is 42.7. The second kappa shape index (κ2) is 16.0. The number of ether oxygens (including phenoxy) is 1. The van der Waals surface area contributed by atoms with Gasteiger partial charge in [-0.25, -0.2) is 0 Å². The summed E-state index contributed by atoms with van der Waals surface area (Å²) < 4.78 is 17.2. The van der Waals surface area contributed by atoms with Crippen molar-refractivity contribution in [2.75, 3.05) is 4.90 Å². The number of nitrogens with zero attached hydrogens (tertiary/aromatic N) is 5. The first-order chi connectivity index (χ1) is 39.3. The van der Waals surface area contributed by atoms with Crippen molar-refractivity contribution in [3.63, 3.8) is 0 Å². The van der Waals surface area contributed by atoms with Crippen molar-refractivity contribution in [2.45, 2.75) is 0 Å². The predicted molar refractivity (Wildman–Crippen MR) is 330 cm³/mol. The minimum absolute atomic E-state index is 0.0962. The Morgan fingerprint density at radius 2 is 0.671 bits per heavy atom. The van der Waals surface area contributed by atoms with Gasteiger partial charge in [0.05, 0.1) is 49.8 Å². The summed E-state index contributed by atoms with van der Waals surface area (Å²) in [6.07, 6.45) is 0. The Bertz CT molecular complexity index is 5120. The predicted octanol–water partition coefficient (Wildman–Crippen LogP) is 16.5. The lowest BCUT2D eigenvalue weighted by Gasteiger charge is -2.40. The van der Waals surface area contributed by atoms with E-state index in [1.54, 1.807) is 0 Å². The molecule has 0 saturated heterocycles. The molecule has 2 aliphatic heterocycles. The molecule has 0 amide bonds. The van der Waals surface area contributed by atoms with E-state index in [4.69, 9.17) is 4.74 Å². The average Bonchev–Trinajstić information content (AvgIpc) is 4.46. The Morgan fingerprint density at radius 1 is 0.266 bits per heavy atom. The summed E-state index contributed by atoms with van der Waals surface area (Å²) in [7, 11) is 0. The third-order valence-electron chi connectivity index (χ3n) is 17.1. The summed E-state index contributed by atoms with van der Waals surface area (Å²) in [6, 6.07) is 97.9. The summed E-state index contributed by atoms with van der Waals surface area (Å²) in [4.78, 5) is 2.50. The molecule has 18 rings (SSSR count). The van der Waals surface area contributed by atoms with Crippen molar-refractivity contribution in [1.29, 1.82) is 0 Å². The lowest BCUT2D eigenvalue weighted by atomic mass is 9.34. The summed E-state index contributed by atoms with van der Waals surface area (Å²) in [6.45, 7) is -0.0962. The number of hydrogen-bond donors (Lipinski definition) is 0. The number of para-hydroxylation sites is 9. The highest BCUT2D eigenvalue weighted by Gasteiger charge is 2.43. The third kappa shape index (κ3) is 5.75. The van der Waals surface area contributed by atoms with Crippen LogP contribution in [0.2, 0.25) is 0 Å². The van der Waals surface area contributed by atoms with Crippen LogP contribution >= 0.6 is 0 Å². The van der Waals surface area contributed by atoms with E-state index >= 15 is 0 Å². The molecule has 4 aromatic heterocycles. The second-order valence-corrected chi connectivity index (χ2v) is 21.1. The van der Waals surface area contributed by atoms with E-state index in [2.05, 4.69) is 290 Å². The van der Waals surface area contributed by atoms with Gasteiger partial charge >= 0.3 is 0 Å². The fourth-order valence-electron chi connectivity index (χ4n) is 14.1. The van der Waals surface area contributed by atoms with Crippen LogP contribution in [0.25, 0.3) is 110 Å². The third-order valence-corrected chi connectivity index (χ3v) is 17.1. The summed E-state index contributed by atoms with van der Waals surface area (Å²) >= 11 is 0. The molecule has 0 radical (unpaired) electrons. The highest BCUT2D eigenvalue weighted by molar-refractivity contribution is 6.99. The topological polar surface area (TPSA) is 32.2 Å². The highest BCUT2D eigenvalue weighted by atomic mass is 16.5. The molecule has 366 valence electrons. The zero-order valence-corrected chi connectivity index (χ0v) is 42.6. The van der Waals surface area contributed by atoms with Crippen LogP contribution in [-0.4, -0.2) is 25.0 Å². The second-order valence-electron chi connectivity index (χ2n) is 21.1. The van der Waals surface area contributed by atoms with Gasteiger partial charge in [-0.05, 0) is 107 Å². The van der Waals surface area contributed by atoms with Crippen LogP contribution in [0, 0.1) is 0 Å². The maximum absolute atomic E-state index is 7.13. The van der Waals surface area contributed by atoms with Crippen LogP contribution in [0.5, 0.6) is 11.5 Å². The van der Waals surface area contributed by atoms with Gasteiger partial charge in [0.1, 0.15) is 11.5 Å². The van der Waals surface area contributed by atoms with Gasteiger partial charge in [-0.2, -0.15) is 0 Å². The SMILES string of the molecule is c1ccc(N2c3cc(-n4c5ccccc5c5c6c(c7ccccc7n6-c6ccccc6)c6c(c7ccccc7n6-c6ccccc6)c54)ccc3B3c4ccccc4Oc4cc(-n5c6ccccc6c6ccccc65)cc2c43)cc1. The normalized spacial score (nSPS) is 12.9. The molecule has 2 aliphatic rings. The molecule has 0 aliphatic carbocycles. The van der Waals surface area contributed by atoms with E-state index in [1.165, 1.54) is 70.6 Å². The van der Waals surface area contributed by atoms with Crippen LogP contribution in [-0.2, 0) is 0 Å². The number of hydrogen-bond acceptors (Lipinski definition) is 2. The molecular weight excluding hydrogens is 962 g/mol. The lowest BCUT2D eigenvalue weighted by molar-refractivity contribution is 0.487. The fourth-order valence-corrected chi connectivity index (χ4v) is 14.1. The van der Waals surface area contributed by atoms with Gasteiger partial charge in [0.2, 0.25) is 0 Å². The molecule has 0 fully saturated rings. The molecule has 6 nitrogen and oxygen atoms in total. The number of anilines is 3. The average molecular weight is 1010 g/mol. The quantitative estimate of drug-likeness (QED) is 0.161. The van der Waals surface area contributed by atoms with E-state index in [-0.39, 0.29) is 6.71 Å². The molecule has 6 heterocycles. The van der Waals surface area contributed by atoms with Crippen LogP contribution in [0.15, 0.2) is 267 Å². The molecular formula is C72H44BN5O. The van der Waals surface area contributed by atoms with Gasteiger partial charge in [-0.1, -0.05) is 170 Å². The molecule has 0 spiro atoms. The van der Waals surface area contributed by atoms with Crippen molar-refractivity contribution < 1.29 is 4.74 Å². The summed E-state index contributed by atoms with van der Waals surface area (Å²) in [5.41, 5.74) is 20.5. The van der Waals surface area contributed by atoms with Crippen molar-refractivity contribution in [2.24, 2.45) is 0 Å². The molecule has 16 aromatic rings. The first-order valence-corrected chi connectivity index (χ1v) is 27.2. The van der Waals surface area contributed by atoms with Crippen LogP contribution in [0.4, 0.5) is 17.1 Å². The minimum atomic E-state index is -0.0962. The Morgan fingerprint density at radius 3 is 1.19 bits per heavy atom. The van der Waals surface area contributed by atoms with Crippen LogP contribution in [0.3, 0.4) is 0 Å². The smallest absolute Gasteiger partial charge is 0.256 e. The van der Waals surface area contributed by atoms with Crippen molar-refractivity contribution in [3.05, 3.63) is 267 Å². The molecule has 0 unspecified atom stereocenters. The molecule has 7 heteroatoms. The zero-order chi connectivity index (χ0) is 51.4. The summed E-state index contributed by atoms with van der Waals surface area (Å²) in [5.74, 6) is 1.75. The van der Waals surface area contributed by atoms with Gasteiger partial charge in [0, 0.05) is 83.3 Å². The van der Waals surface area contributed by atoms with Gasteiger partial charge in [0.15, 0.2) is 0 Å². The standard InChI is InChI=1S/C72H44BN5O/c1-4-22-45(23-5-1)74-62-42-48(40-41-55(62)73-56-33-15-21-39-64(56)79-65-44-49(43-63(74)69(65)73)75-57-34-16-10-28-50(57)51-29-11-17-35-58(51)75)78-61-38-20-14-32-54(61)68-71-66(52-30-12-18-36-59(52)76(71)46-24-6-2-7-25-46)70-67(72(68)78)53-31-13-19-37-60(53)77(70)47-26-8-3-9-27-47/h1-44H. The van der Waals surface area contributed by atoms with E-state index in [0.29, 0.717) is 0 Å². The van der Waals surface area contributed by atoms with Gasteiger partial charge < -0.3 is 27.9 Å². The number of fused-ring (bicyclic) bond motifs is 19. The van der Waals surface area contributed by atoms with Crippen molar-refractivity contribution in [1.82, 2.24) is 18.3 Å². The zero-order valence-electron chi connectivity index (χ0n) is 42.6. The van der Waals surface area contributed by atoms with Crippen molar-refractivity contribution in [3.8, 4) is 34.2 Å². The number of benzene rings is 12. The molecule has 0 saturated carbocycles. The van der Waals surface area contributed by atoms with E-state index in [9.17, 15) is 0 Å². The van der Waals surface area contributed by atoms with Gasteiger partial charge in [-0.3, -0.25) is 0 Å². The molecule has 0 atom stereocenters. The van der Waals surface area contributed by atoms with Crippen LogP contribution in [0.1, 0.15) is 0 Å². The Hall–Kier alpha value is -10.5. The van der Waals surface area contributed by atoms with Gasteiger partial charge in [-0.15, -0.1) is 0 Å². The van der Waals surface area contributed by atoms with E-state index in [1.807, 2.05) is 0 Å². The monoisotopic (exact) mass is 1010 g/mol. The first-order valence-electron chi connectivity index (χ1n) is 27.2. The Labute approximate surface area is 454 Å². The summed E-state index contributed by atoms with van der Waals surface area (Å²) in [5, 5.41) is 9.72. The fraction of sp³-hybridized carbons (Fsp3) is 0. The highest BCUT2D eigenvalue weighted by Crippen LogP contribution is 2.51. The Balaban J connectivity index is 1.00. The maximum Gasteiger partial charge on any atom is 0.256 e. The Kier molecular flexibility index (Phi) is 8.66. The van der Waals surface area contributed by atoms with E-state index in [0.717, 1.165) is 84.3 Å². The number of rotatable bonds is 5. The maximum atomic E-state index is 7.13. The minimum Gasteiger partial charge on any atom is -0.458 e. The van der Waals surface area contributed by atoms with Crippen LogP contribution < -0.4 is 26.0 Å². The van der Waals surface area contributed by atoms with Gasteiger partial charge in [0.25, 0.3) is 6.71 Å². The van der Waals surface area contributed by atoms with E-state index < -0.39 is 0 Å². The number of aromatic nitrogens is 4. The molecule has 0 N–H and O–H groups in total. The molecule has 0 bridgehead atoms. The lowest BCUT2D eigenvalue weighted by Crippen LogP contribution is -2.59. The largest absolute Gasteiger partial charge is 0.458 e. The molecule has 12 aromatic carbocycles. The van der Waals surface area contributed by atoms with Crippen molar-refractivity contribution >= 4 is 127 Å². The molecule has 79 heavy (non-hydrogen) atoms.